The van der Waals surface area contributed by atoms with Gasteiger partial charge in [0.05, 0.1) is 26.0 Å². The smallest absolute Gasteiger partial charge is 0.244 e. The van der Waals surface area contributed by atoms with Crippen LogP contribution in [0.25, 0.3) is 6.08 Å². The van der Waals surface area contributed by atoms with Crippen molar-refractivity contribution in [2.45, 2.75) is 26.8 Å². The van der Waals surface area contributed by atoms with Crippen LogP contribution >= 0.6 is 0 Å². The highest BCUT2D eigenvalue weighted by molar-refractivity contribution is 5.91. The zero-order chi connectivity index (χ0) is 20.4. The number of nitrogens with zero attached hydrogens (tertiary/aromatic N) is 1. The lowest BCUT2D eigenvalue weighted by atomic mass is 10.1. The number of benzene rings is 1. The molecule has 152 valence electrons. The highest BCUT2D eigenvalue weighted by Gasteiger charge is 2.20. The molecule has 2 aromatic rings. The van der Waals surface area contributed by atoms with Gasteiger partial charge in [0.25, 0.3) is 0 Å². The molecule has 1 aromatic heterocycles. The van der Waals surface area contributed by atoms with E-state index in [9.17, 15) is 4.79 Å². The van der Waals surface area contributed by atoms with Crippen molar-refractivity contribution >= 4 is 12.0 Å². The van der Waals surface area contributed by atoms with Crippen molar-refractivity contribution in [3.05, 3.63) is 54.0 Å². The van der Waals surface area contributed by atoms with Crippen LogP contribution in [0.5, 0.6) is 11.5 Å². The van der Waals surface area contributed by atoms with Gasteiger partial charge in [-0.15, -0.1) is 0 Å². The molecule has 28 heavy (non-hydrogen) atoms. The minimum absolute atomic E-state index is 0.00731. The molecule has 1 atom stereocenters. The van der Waals surface area contributed by atoms with E-state index in [0.717, 1.165) is 24.4 Å². The molecule has 0 fully saturated rings. The normalized spacial score (nSPS) is 12.3. The number of hydrogen-bond donors (Lipinski definition) is 1. The molecular formula is C22H30N2O4. The summed E-state index contributed by atoms with van der Waals surface area (Å²) in [5.74, 6) is 2.03. The Labute approximate surface area is 167 Å². The molecule has 2 rings (SSSR count). The summed E-state index contributed by atoms with van der Waals surface area (Å²) in [4.78, 5) is 14.6. The van der Waals surface area contributed by atoms with Gasteiger partial charge in [-0.3, -0.25) is 9.69 Å². The molecule has 0 aliphatic rings. The maximum Gasteiger partial charge on any atom is 0.244 e. The summed E-state index contributed by atoms with van der Waals surface area (Å²) < 4.78 is 16.4. The van der Waals surface area contributed by atoms with Crippen LogP contribution in [0.15, 0.2) is 47.1 Å². The third kappa shape index (κ3) is 5.89. The van der Waals surface area contributed by atoms with Gasteiger partial charge in [-0.05, 0) is 55.9 Å². The van der Waals surface area contributed by atoms with Gasteiger partial charge in [-0.25, -0.2) is 0 Å². The number of carbonyl (C=O) groups excluding carboxylic acids is 1. The summed E-state index contributed by atoms with van der Waals surface area (Å²) >= 11 is 0. The SMILES string of the molecule is CCOc1cc(/C=C/C(=O)NCC(c2ccco2)N(CC)CC)ccc1OC. The van der Waals surface area contributed by atoms with Crippen LogP contribution in [0.2, 0.25) is 0 Å². The second-order valence-corrected chi connectivity index (χ2v) is 6.17. The molecule has 0 spiro atoms. The van der Waals surface area contributed by atoms with E-state index in [-0.39, 0.29) is 11.9 Å². The second-order valence-electron chi connectivity index (χ2n) is 6.17. The van der Waals surface area contributed by atoms with E-state index in [4.69, 9.17) is 13.9 Å². The highest BCUT2D eigenvalue weighted by atomic mass is 16.5. The van der Waals surface area contributed by atoms with Crippen molar-refractivity contribution in [2.75, 3.05) is 33.4 Å². The Hall–Kier alpha value is -2.73. The monoisotopic (exact) mass is 386 g/mol. The Kier molecular flexibility index (Phi) is 8.62. The zero-order valence-corrected chi connectivity index (χ0v) is 17.1. The summed E-state index contributed by atoms with van der Waals surface area (Å²) in [7, 11) is 1.60. The van der Waals surface area contributed by atoms with Gasteiger partial charge in [0, 0.05) is 12.6 Å². The summed E-state index contributed by atoms with van der Waals surface area (Å²) in [6, 6.07) is 9.38. The van der Waals surface area contributed by atoms with Gasteiger partial charge >= 0.3 is 0 Å². The van der Waals surface area contributed by atoms with E-state index in [2.05, 4.69) is 24.1 Å². The second kappa shape index (κ2) is 11.2. The predicted molar refractivity (Wildman–Crippen MR) is 111 cm³/mol. The molecule has 1 N–H and O–H groups in total. The third-order valence-electron chi connectivity index (χ3n) is 4.51. The van der Waals surface area contributed by atoms with Crippen LogP contribution in [-0.2, 0) is 4.79 Å². The summed E-state index contributed by atoms with van der Waals surface area (Å²) in [5.41, 5.74) is 0.866. The van der Waals surface area contributed by atoms with Crippen molar-refractivity contribution < 1.29 is 18.7 Å². The fourth-order valence-electron chi connectivity index (χ4n) is 3.05. The summed E-state index contributed by atoms with van der Waals surface area (Å²) in [6.07, 6.45) is 4.95. The highest BCUT2D eigenvalue weighted by Crippen LogP contribution is 2.28. The number of furan rings is 1. The quantitative estimate of drug-likeness (QED) is 0.594. The average molecular weight is 386 g/mol. The Balaban J connectivity index is 2.01. The molecule has 0 saturated carbocycles. The first-order chi connectivity index (χ1) is 13.6. The molecule has 1 amide bonds. The van der Waals surface area contributed by atoms with Crippen LogP contribution in [0.1, 0.15) is 38.1 Å². The Morgan fingerprint density at radius 2 is 2.00 bits per heavy atom. The van der Waals surface area contributed by atoms with Crippen molar-refractivity contribution in [1.29, 1.82) is 0 Å². The number of amides is 1. The molecule has 6 nitrogen and oxygen atoms in total. The number of nitrogens with one attached hydrogen (secondary N) is 1. The minimum atomic E-state index is -0.155. The maximum absolute atomic E-state index is 12.3. The fourth-order valence-corrected chi connectivity index (χ4v) is 3.05. The molecule has 0 saturated heterocycles. The maximum atomic E-state index is 12.3. The molecule has 1 unspecified atom stereocenters. The number of ether oxygens (including phenoxy) is 2. The number of hydrogen-bond acceptors (Lipinski definition) is 5. The molecule has 0 bridgehead atoms. The van der Waals surface area contributed by atoms with Crippen LogP contribution in [0.4, 0.5) is 0 Å². The van der Waals surface area contributed by atoms with E-state index >= 15 is 0 Å². The first-order valence-electron chi connectivity index (χ1n) is 9.67. The molecule has 0 radical (unpaired) electrons. The number of rotatable bonds is 11. The third-order valence-corrected chi connectivity index (χ3v) is 4.51. The van der Waals surface area contributed by atoms with Crippen molar-refractivity contribution in [1.82, 2.24) is 10.2 Å². The number of carbonyl (C=O) groups is 1. The minimum Gasteiger partial charge on any atom is -0.493 e. The van der Waals surface area contributed by atoms with E-state index in [1.54, 1.807) is 19.4 Å². The molecule has 0 aliphatic carbocycles. The Morgan fingerprint density at radius 1 is 1.21 bits per heavy atom. The topological polar surface area (TPSA) is 63.9 Å². The van der Waals surface area contributed by atoms with Crippen LogP contribution in [-0.4, -0.2) is 44.2 Å². The van der Waals surface area contributed by atoms with E-state index < -0.39 is 0 Å². The molecular weight excluding hydrogens is 356 g/mol. The standard InChI is InChI=1S/C22H30N2O4/c1-5-24(6-2)18(19-9-8-14-28-19)16-23-22(25)13-11-17-10-12-20(26-4)21(15-17)27-7-3/h8-15,18H,5-7,16H2,1-4H3,(H,23,25)/b13-11+. The first-order valence-corrected chi connectivity index (χ1v) is 9.67. The molecule has 6 heteroatoms. The van der Waals surface area contributed by atoms with Gasteiger partial charge < -0.3 is 19.2 Å². The van der Waals surface area contributed by atoms with Gasteiger partial charge in [0.15, 0.2) is 11.5 Å². The Bertz CT molecular complexity index is 752. The number of likely N-dealkylation sites (N-methyl/N-ethyl adjacent to an activating group) is 1. The fraction of sp³-hybridized carbons (Fsp3) is 0.409. The van der Waals surface area contributed by atoms with Gasteiger partial charge in [-0.2, -0.15) is 0 Å². The van der Waals surface area contributed by atoms with Crippen LogP contribution in [0, 0.1) is 0 Å². The summed E-state index contributed by atoms with van der Waals surface area (Å²) in [5, 5.41) is 2.97. The van der Waals surface area contributed by atoms with Gasteiger partial charge in [0.1, 0.15) is 5.76 Å². The van der Waals surface area contributed by atoms with E-state index in [0.29, 0.717) is 24.7 Å². The lowest BCUT2D eigenvalue weighted by Crippen LogP contribution is -2.37. The predicted octanol–water partition coefficient (Wildman–Crippen LogP) is 3.90. The molecule has 1 aromatic carbocycles. The summed E-state index contributed by atoms with van der Waals surface area (Å²) in [6.45, 7) is 8.89. The van der Waals surface area contributed by atoms with E-state index in [1.165, 1.54) is 6.08 Å². The van der Waals surface area contributed by atoms with E-state index in [1.807, 2.05) is 37.3 Å². The van der Waals surface area contributed by atoms with Gasteiger partial charge in [0.2, 0.25) is 5.91 Å². The van der Waals surface area contributed by atoms with Crippen LogP contribution < -0.4 is 14.8 Å². The van der Waals surface area contributed by atoms with Gasteiger partial charge in [-0.1, -0.05) is 19.9 Å². The zero-order valence-electron chi connectivity index (χ0n) is 17.1. The average Bonchev–Trinajstić information content (AvgIpc) is 3.24. The molecule has 0 aliphatic heterocycles. The lowest BCUT2D eigenvalue weighted by Gasteiger charge is -2.28. The lowest BCUT2D eigenvalue weighted by molar-refractivity contribution is -0.116. The van der Waals surface area contributed by atoms with Crippen LogP contribution in [0.3, 0.4) is 0 Å². The van der Waals surface area contributed by atoms with Crippen molar-refractivity contribution in [2.24, 2.45) is 0 Å². The molecule has 1 heterocycles. The first kappa shape index (κ1) is 21.6. The largest absolute Gasteiger partial charge is 0.493 e. The Morgan fingerprint density at radius 3 is 2.61 bits per heavy atom. The van der Waals surface area contributed by atoms with Crippen molar-refractivity contribution in [3.63, 3.8) is 0 Å². The number of methoxy groups -OCH3 is 1. The van der Waals surface area contributed by atoms with Crippen molar-refractivity contribution in [3.8, 4) is 11.5 Å².